The number of hydrogen-bond donors (Lipinski definition) is 0. The van der Waals surface area contributed by atoms with Gasteiger partial charge >= 0.3 is 20.0 Å². The number of aryl methyl sites for hydroxylation is 1. The van der Waals surface area contributed by atoms with Gasteiger partial charge in [0, 0.05) is 5.56 Å². The minimum absolute atomic E-state index is 0.0226. The first-order valence-electron chi connectivity index (χ1n) is 17.7. The van der Waals surface area contributed by atoms with Gasteiger partial charge < -0.3 is 18.7 Å². The third-order valence-corrected chi connectivity index (χ3v) is 15.8. The number of benzene rings is 3. The molecule has 0 radical (unpaired) electrons. The second-order valence-electron chi connectivity index (χ2n) is 14.5. The Balaban J connectivity index is 1.77. The summed E-state index contributed by atoms with van der Waals surface area (Å²) in [5, 5.41) is 14.5. The number of carbonyl (C=O) groups excluding carboxylic acids is 1. The molecule has 0 N–H and O–H groups in total. The molecule has 2 aromatic heterocycles. The number of hydrogen-bond acceptors (Lipinski definition) is 10. The number of thiophene rings is 1. The lowest BCUT2D eigenvalue weighted by molar-refractivity contribution is -0.144. The third-order valence-electron chi connectivity index (χ3n) is 9.67. The summed E-state index contributed by atoms with van der Waals surface area (Å²) >= 11 is 1.13. The summed E-state index contributed by atoms with van der Waals surface area (Å²) < 4.78 is 35.6. The second kappa shape index (κ2) is 16.6. The van der Waals surface area contributed by atoms with Crippen molar-refractivity contribution in [2.45, 2.75) is 71.2 Å². The van der Waals surface area contributed by atoms with Crippen LogP contribution in [0.15, 0.2) is 93.6 Å². The lowest BCUT2D eigenvalue weighted by Gasteiger charge is -2.43. The van der Waals surface area contributed by atoms with E-state index in [1.54, 1.807) is 6.92 Å². The largest absolute Gasteiger partial charge is 0.508 e. The van der Waals surface area contributed by atoms with Crippen LogP contribution in [0.25, 0.3) is 10.2 Å². The van der Waals surface area contributed by atoms with Crippen molar-refractivity contribution < 1.29 is 27.9 Å². The number of halogens is 1. The summed E-state index contributed by atoms with van der Waals surface area (Å²) in [5.74, 6) is -1.04. The van der Waals surface area contributed by atoms with Gasteiger partial charge in [-0.3, -0.25) is 14.2 Å². The molecular weight excluding hydrogens is 740 g/mol. The van der Waals surface area contributed by atoms with E-state index < -0.39 is 48.0 Å². The number of methoxy groups -OCH3 is 1. The predicted molar refractivity (Wildman–Crippen MR) is 215 cm³/mol. The van der Waals surface area contributed by atoms with E-state index in [0.29, 0.717) is 16.2 Å². The van der Waals surface area contributed by atoms with Crippen molar-refractivity contribution in [2.24, 2.45) is 5.16 Å². The van der Waals surface area contributed by atoms with Crippen LogP contribution < -0.4 is 26.4 Å². The molecule has 0 aliphatic rings. The van der Waals surface area contributed by atoms with E-state index in [4.69, 9.17) is 18.7 Å². The van der Waals surface area contributed by atoms with E-state index >= 15 is 0 Å². The summed E-state index contributed by atoms with van der Waals surface area (Å²) in [7, 11) is -0.668. The van der Waals surface area contributed by atoms with Crippen LogP contribution in [0.5, 0.6) is 5.75 Å². The van der Waals surface area contributed by atoms with Crippen LogP contribution in [0.4, 0.5) is 4.39 Å². The smallest absolute Gasteiger partial charge is 0.333 e. The van der Waals surface area contributed by atoms with Crippen LogP contribution in [-0.4, -0.2) is 50.5 Å². The molecule has 1 atom stereocenters. The minimum atomic E-state index is -3.48. The van der Waals surface area contributed by atoms with E-state index in [0.717, 1.165) is 26.3 Å². The number of nitrogens with zero attached hydrogens (tertiary/aromatic N) is 4. The molecule has 2 heterocycles. The summed E-state index contributed by atoms with van der Waals surface area (Å²) in [6.45, 7) is 10.5. The molecule has 0 aliphatic heterocycles. The molecule has 0 aliphatic carbocycles. The molecule has 5 rings (SSSR count). The normalized spacial score (nSPS) is 12.8. The lowest BCUT2D eigenvalue weighted by Crippen LogP contribution is -2.69. The van der Waals surface area contributed by atoms with Gasteiger partial charge in [0.15, 0.2) is 0 Å². The Labute approximate surface area is 324 Å². The third kappa shape index (κ3) is 7.78. The van der Waals surface area contributed by atoms with Crippen molar-refractivity contribution >= 4 is 52.4 Å². The molecule has 55 heavy (non-hydrogen) atoms. The van der Waals surface area contributed by atoms with Gasteiger partial charge in [-0.15, -0.1) is 11.3 Å². The number of fused-ring (bicyclic) bond motifs is 1. The molecule has 0 fully saturated rings. The first-order chi connectivity index (χ1) is 26.1. The summed E-state index contributed by atoms with van der Waals surface area (Å²) in [4.78, 5) is 50.4. The van der Waals surface area contributed by atoms with Crippen LogP contribution in [0.1, 0.15) is 63.1 Å². The molecule has 5 aromatic rings. The number of carbonyl (C=O) groups is 1. The molecule has 1 unspecified atom stereocenters. The fraction of sp³-hybridized carbons (Fsp3) is 0.341. The highest BCUT2D eigenvalue weighted by molar-refractivity contribution is 7.20. The molecule has 11 nitrogen and oxygen atoms in total. The van der Waals surface area contributed by atoms with Gasteiger partial charge in [-0.2, -0.15) is 5.26 Å². The fourth-order valence-electron chi connectivity index (χ4n) is 6.86. The minimum Gasteiger partial charge on any atom is -0.508 e. The van der Waals surface area contributed by atoms with E-state index in [9.17, 15) is 24.0 Å². The highest BCUT2D eigenvalue weighted by atomic mass is 32.1. The average Bonchev–Trinajstić information content (AvgIpc) is 3.49. The Morgan fingerprint density at radius 3 is 2.16 bits per heavy atom. The molecule has 0 bridgehead atoms. The number of aromatic nitrogens is 2. The maximum Gasteiger partial charge on any atom is 0.333 e. The van der Waals surface area contributed by atoms with Crippen molar-refractivity contribution in [1.82, 2.24) is 9.13 Å². The van der Waals surface area contributed by atoms with Crippen LogP contribution in [0.3, 0.4) is 0 Å². The van der Waals surface area contributed by atoms with Gasteiger partial charge in [-0.1, -0.05) is 86.6 Å². The molecule has 0 spiro atoms. The fourth-order valence-corrected chi connectivity index (χ4v) is 12.5. The van der Waals surface area contributed by atoms with Gasteiger partial charge in [-0.25, -0.2) is 13.8 Å². The second-order valence-corrected chi connectivity index (χ2v) is 19.7. The molecule has 3 aromatic carbocycles. The van der Waals surface area contributed by atoms with E-state index in [2.05, 4.69) is 5.16 Å². The first kappa shape index (κ1) is 40.8. The molecule has 0 saturated carbocycles. The monoisotopic (exact) mass is 784 g/mol. The van der Waals surface area contributed by atoms with Gasteiger partial charge in [0.25, 0.3) is 5.56 Å². The van der Waals surface area contributed by atoms with Gasteiger partial charge in [-0.05, 0) is 59.9 Å². The first-order valence-corrected chi connectivity index (χ1v) is 20.4. The maximum atomic E-state index is 15.0. The summed E-state index contributed by atoms with van der Waals surface area (Å²) in [5.41, 5.74) is -2.56. The standard InChI is InChI=1S/C41H45FN4O7SSi/c1-27-34(25-44-51-8)54-37-35(27)36(47)46(39(49)45(37)26-33(52-23-15-22-43)31-24-28(42)20-21-32(31)50-7)41(5,6)38(48)53-55(40(2,3)4,29-16-11-9-12-17-29)30-18-13-10-14-19-30/h9-14,16-21,24-25,33H,15,23,26H2,1-8H3. The Bertz CT molecular complexity index is 2320. The van der Waals surface area contributed by atoms with E-state index in [1.165, 1.54) is 57.0 Å². The average molecular weight is 785 g/mol. The Morgan fingerprint density at radius 1 is 1.00 bits per heavy atom. The highest BCUT2D eigenvalue weighted by Gasteiger charge is 2.55. The van der Waals surface area contributed by atoms with Crippen molar-refractivity contribution in [3.63, 3.8) is 0 Å². The van der Waals surface area contributed by atoms with Crippen molar-refractivity contribution in [3.8, 4) is 11.8 Å². The predicted octanol–water partition coefficient (Wildman–Crippen LogP) is 6.17. The molecule has 0 saturated heterocycles. The zero-order valence-electron chi connectivity index (χ0n) is 32.2. The SMILES string of the molecule is CON=Cc1sc2c(c1C)c(=O)n(C(C)(C)C(=O)O[Si](c1ccccc1)(c1ccccc1)C(C)(C)C)c(=O)n2CC(OCCC#N)c1cc(F)ccc1OC. The molecule has 14 heteroatoms. The van der Waals surface area contributed by atoms with Crippen molar-refractivity contribution in [3.05, 3.63) is 122 Å². The van der Waals surface area contributed by atoms with Crippen LogP contribution >= 0.6 is 11.3 Å². The van der Waals surface area contributed by atoms with Gasteiger partial charge in [0.2, 0.25) is 0 Å². The number of rotatable bonds is 14. The molecule has 288 valence electrons. The van der Waals surface area contributed by atoms with E-state index in [-0.39, 0.29) is 35.4 Å². The van der Waals surface area contributed by atoms with Crippen LogP contribution in [-0.2, 0) is 30.9 Å². The maximum absolute atomic E-state index is 15.0. The highest BCUT2D eigenvalue weighted by Crippen LogP contribution is 2.38. The van der Waals surface area contributed by atoms with Crippen molar-refractivity contribution in [2.75, 3.05) is 20.8 Å². The van der Waals surface area contributed by atoms with E-state index in [1.807, 2.05) is 87.5 Å². The van der Waals surface area contributed by atoms with Crippen LogP contribution in [0, 0.1) is 24.1 Å². The number of oxime groups is 1. The number of nitriles is 1. The summed E-state index contributed by atoms with van der Waals surface area (Å²) in [6, 6.07) is 25.1. The topological polar surface area (TPSA) is 134 Å². The molecule has 0 amide bonds. The Morgan fingerprint density at radius 2 is 1.62 bits per heavy atom. The van der Waals surface area contributed by atoms with Gasteiger partial charge in [0.05, 0.1) is 49.2 Å². The summed E-state index contributed by atoms with van der Waals surface area (Å²) in [6.07, 6.45) is 0.447. The van der Waals surface area contributed by atoms with Crippen molar-refractivity contribution in [1.29, 1.82) is 5.26 Å². The zero-order chi connectivity index (χ0) is 40.1. The Hall–Kier alpha value is -5.36. The number of ether oxygens (including phenoxy) is 2. The Kier molecular flexibility index (Phi) is 12.3. The lowest BCUT2D eigenvalue weighted by atomic mass is 10.1. The molecular formula is C41H45FN4O7SSi. The van der Waals surface area contributed by atoms with Gasteiger partial charge in [0.1, 0.15) is 35.1 Å². The quantitative estimate of drug-likeness (QED) is 0.0565. The zero-order valence-corrected chi connectivity index (χ0v) is 34.0. The van der Waals surface area contributed by atoms with Crippen LogP contribution in [0.2, 0.25) is 5.04 Å².